The predicted octanol–water partition coefficient (Wildman–Crippen LogP) is 5.16. The van der Waals surface area contributed by atoms with Gasteiger partial charge in [-0.25, -0.2) is 8.78 Å². The monoisotopic (exact) mass is 516 g/mol. The van der Waals surface area contributed by atoms with Crippen LogP contribution in [0.25, 0.3) is 5.65 Å². The number of alkyl halides is 3. The molecule has 4 aromatic rings. The van der Waals surface area contributed by atoms with Gasteiger partial charge in [0, 0.05) is 32.1 Å². The minimum absolute atomic E-state index is 0.0186. The molecule has 2 aromatic heterocycles. The standard InChI is InChI=1S/C26H25F5N6/c27-20-7-3-18(4-8-20)22(19-5-9-21(28)10-6-19)2-1-13-35-14-16-36(17-15-35)24-12-11-23-32-33-25(26(29,30)31)37(23)34-24/h3-12,22H,1-2,13-17H2. The zero-order chi connectivity index (χ0) is 26.0. The Hall–Kier alpha value is -3.60. The number of hydrogen-bond donors (Lipinski definition) is 0. The van der Waals surface area contributed by atoms with Crippen molar-refractivity contribution in [1.29, 1.82) is 0 Å². The number of rotatable bonds is 7. The first kappa shape index (κ1) is 25.1. The Morgan fingerprint density at radius 3 is 1.92 bits per heavy atom. The molecule has 37 heavy (non-hydrogen) atoms. The van der Waals surface area contributed by atoms with Crippen LogP contribution in [0.1, 0.15) is 35.7 Å². The number of hydrogen-bond acceptors (Lipinski definition) is 5. The van der Waals surface area contributed by atoms with Gasteiger partial charge in [0.15, 0.2) is 5.65 Å². The van der Waals surface area contributed by atoms with Crippen LogP contribution in [-0.4, -0.2) is 57.4 Å². The largest absolute Gasteiger partial charge is 0.453 e. The second-order valence-electron chi connectivity index (χ2n) is 9.11. The van der Waals surface area contributed by atoms with E-state index in [2.05, 4.69) is 20.2 Å². The van der Waals surface area contributed by atoms with Gasteiger partial charge in [-0.05, 0) is 66.9 Å². The van der Waals surface area contributed by atoms with E-state index in [1.165, 1.54) is 30.3 Å². The van der Waals surface area contributed by atoms with Gasteiger partial charge >= 0.3 is 6.18 Å². The third kappa shape index (κ3) is 5.71. The van der Waals surface area contributed by atoms with E-state index in [1.807, 2.05) is 4.90 Å². The summed E-state index contributed by atoms with van der Waals surface area (Å²) in [6.07, 6.45) is -2.95. The average Bonchev–Trinajstić information content (AvgIpc) is 3.33. The minimum atomic E-state index is -4.64. The highest BCUT2D eigenvalue weighted by molar-refractivity contribution is 5.46. The highest BCUT2D eigenvalue weighted by Crippen LogP contribution is 2.30. The van der Waals surface area contributed by atoms with Gasteiger partial charge in [0.25, 0.3) is 5.82 Å². The third-order valence-electron chi connectivity index (χ3n) is 6.71. The summed E-state index contributed by atoms with van der Waals surface area (Å²) in [4.78, 5) is 4.26. The first-order valence-corrected chi connectivity index (χ1v) is 12.1. The van der Waals surface area contributed by atoms with Crippen molar-refractivity contribution in [2.24, 2.45) is 0 Å². The van der Waals surface area contributed by atoms with Crippen LogP contribution >= 0.6 is 0 Å². The molecule has 194 valence electrons. The van der Waals surface area contributed by atoms with E-state index in [0.717, 1.165) is 48.1 Å². The fraction of sp³-hybridized carbons (Fsp3) is 0.346. The van der Waals surface area contributed by atoms with Gasteiger partial charge in [-0.15, -0.1) is 15.3 Å². The summed E-state index contributed by atoms with van der Waals surface area (Å²) in [5.74, 6) is -1.27. The van der Waals surface area contributed by atoms with Crippen LogP contribution in [0.2, 0.25) is 0 Å². The van der Waals surface area contributed by atoms with E-state index in [0.29, 0.717) is 18.9 Å². The van der Waals surface area contributed by atoms with Crippen molar-refractivity contribution >= 4 is 11.5 Å². The molecular weight excluding hydrogens is 491 g/mol. The molecule has 3 heterocycles. The Balaban J connectivity index is 1.19. The van der Waals surface area contributed by atoms with Crippen molar-refractivity contribution in [2.45, 2.75) is 24.9 Å². The molecule has 6 nitrogen and oxygen atoms in total. The number of aromatic nitrogens is 4. The van der Waals surface area contributed by atoms with Crippen molar-refractivity contribution in [3.05, 3.63) is 89.2 Å². The fourth-order valence-electron chi connectivity index (χ4n) is 4.76. The predicted molar refractivity (Wildman–Crippen MR) is 128 cm³/mol. The normalized spacial score (nSPS) is 15.1. The summed E-state index contributed by atoms with van der Waals surface area (Å²) in [5.41, 5.74) is 2.00. The Kier molecular flexibility index (Phi) is 7.05. The fourth-order valence-corrected chi connectivity index (χ4v) is 4.76. The lowest BCUT2D eigenvalue weighted by atomic mass is 9.87. The maximum absolute atomic E-state index is 13.5. The molecule has 0 aliphatic carbocycles. The second-order valence-corrected chi connectivity index (χ2v) is 9.11. The lowest BCUT2D eigenvalue weighted by molar-refractivity contribution is -0.146. The summed E-state index contributed by atoms with van der Waals surface area (Å²) < 4.78 is 67.2. The Morgan fingerprint density at radius 1 is 0.757 bits per heavy atom. The van der Waals surface area contributed by atoms with Crippen LogP contribution in [0.3, 0.4) is 0 Å². The van der Waals surface area contributed by atoms with E-state index >= 15 is 0 Å². The highest BCUT2D eigenvalue weighted by Gasteiger charge is 2.38. The van der Waals surface area contributed by atoms with Gasteiger partial charge in [-0.1, -0.05) is 24.3 Å². The van der Waals surface area contributed by atoms with Crippen LogP contribution in [-0.2, 0) is 6.18 Å². The van der Waals surface area contributed by atoms with Gasteiger partial charge < -0.3 is 4.90 Å². The van der Waals surface area contributed by atoms with Crippen LogP contribution in [0.15, 0.2) is 60.7 Å². The van der Waals surface area contributed by atoms with E-state index in [1.54, 1.807) is 30.3 Å². The van der Waals surface area contributed by atoms with Crippen molar-refractivity contribution in [2.75, 3.05) is 37.6 Å². The minimum Gasteiger partial charge on any atom is -0.353 e. The topological polar surface area (TPSA) is 49.6 Å². The van der Waals surface area contributed by atoms with Crippen LogP contribution < -0.4 is 4.90 Å². The lowest BCUT2D eigenvalue weighted by Crippen LogP contribution is -2.47. The lowest BCUT2D eigenvalue weighted by Gasteiger charge is -2.35. The molecule has 0 bridgehead atoms. The first-order valence-electron chi connectivity index (χ1n) is 12.1. The molecule has 1 fully saturated rings. The molecule has 0 saturated carbocycles. The van der Waals surface area contributed by atoms with E-state index in [4.69, 9.17) is 0 Å². The summed E-state index contributed by atoms with van der Waals surface area (Å²) in [7, 11) is 0. The van der Waals surface area contributed by atoms with Gasteiger partial charge in [-0.2, -0.15) is 17.7 Å². The number of nitrogens with zero attached hydrogens (tertiary/aromatic N) is 6. The zero-order valence-electron chi connectivity index (χ0n) is 19.9. The van der Waals surface area contributed by atoms with Gasteiger partial charge in [-0.3, -0.25) is 4.90 Å². The number of benzene rings is 2. The number of halogens is 5. The molecule has 5 rings (SSSR count). The van der Waals surface area contributed by atoms with Crippen molar-refractivity contribution in [3.63, 3.8) is 0 Å². The molecule has 11 heteroatoms. The van der Waals surface area contributed by atoms with Gasteiger partial charge in [0.05, 0.1) is 0 Å². The second kappa shape index (κ2) is 10.4. The molecule has 0 spiro atoms. The molecule has 0 radical (unpaired) electrons. The van der Waals surface area contributed by atoms with Crippen LogP contribution in [0, 0.1) is 11.6 Å². The molecular formula is C26H25F5N6. The number of anilines is 1. The van der Waals surface area contributed by atoms with Gasteiger partial charge in [0.2, 0.25) is 0 Å². The molecule has 0 atom stereocenters. The van der Waals surface area contributed by atoms with Crippen molar-refractivity contribution < 1.29 is 22.0 Å². The summed E-state index contributed by atoms with van der Waals surface area (Å²) in [6.45, 7) is 3.57. The summed E-state index contributed by atoms with van der Waals surface area (Å²) >= 11 is 0. The highest BCUT2D eigenvalue weighted by atomic mass is 19.4. The molecule has 1 aliphatic heterocycles. The van der Waals surface area contributed by atoms with Gasteiger partial charge in [0.1, 0.15) is 17.5 Å². The first-order chi connectivity index (χ1) is 17.8. The molecule has 0 amide bonds. The van der Waals surface area contributed by atoms with E-state index < -0.39 is 12.0 Å². The van der Waals surface area contributed by atoms with Crippen molar-refractivity contribution in [1.82, 2.24) is 24.7 Å². The zero-order valence-corrected chi connectivity index (χ0v) is 19.9. The Bertz CT molecular complexity index is 1280. The Labute approximate surface area is 210 Å². The number of fused-ring (bicyclic) bond motifs is 1. The quantitative estimate of drug-likeness (QED) is 0.318. The summed E-state index contributed by atoms with van der Waals surface area (Å²) in [5, 5.41) is 10.9. The maximum Gasteiger partial charge on any atom is 0.453 e. The molecule has 2 aromatic carbocycles. The maximum atomic E-state index is 13.5. The van der Waals surface area contributed by atoms with E-state index in [9.17, 15) is 22.0 Å². The third-order valence-corrected chi connectivity index (χ3v) is 6.71. The smallest absolute Gasteiger partial charge is 0.353 e. The Morgan fingerprint density at radius 2 is 1.35 bits per heavy atom. The van der Waals surface area contributed by atoms with E-state index in [-0.39, 0.29) is 23.2 Å². The average molecular weight is 517 g/mol. The van der Waals surface area contributed by atoms with Crippen LogP contribution in [0.4, 0.5) is 27.8 Å². The van der Waals surface area contributed by atoms with Crippen molar-refractivity contribution in [3.8, 4) is 0 Å². The molecule has 1 aliphatic rings. The molecule has 0 N–H and O–H groups in total. The van der Waals surface area contributed by atoms with Crippen LogP contribution in [0.5, 0.6) is 0 Å². The SMILES string of the molecule is Fc1ccc(C(CCCN2CCN(c3ccc4nnc(C(F)(F)F)n4n3)CC2)c2ccc(F)cc2)cc1. The number of piperazine rings is 1. The molecule has 0 unspecified atom stereocenters. The summed E-state index contributed by atoms with van der Waals surface area (Å²) in [6, 6.07) is 16.0. The molecule has 1 saturated heterocycles.